The molecular formula is C16H21N3O3S2. The van der Waals surface area contributed by atoms with Crippen molar-refractivity contribution in [3.63, 3.8) is 0 Å². The highest BCUT2D eigenvalue weighted by Crippen LogP contribution is 2.22. The van der Waals surface area contributed by atoms with Gasteiger partial charge < -0.3 is 4.90 Å². The van der Waals surface area contributed by atoms with Gasteiger partial charge in [0.2, 0.25) is 5.91 Å². The Kier molecular flexibility index (Phi) is 4.89. The van der Waals surface area contributed by atoms with Crippen LogP contribution in [-0.2, 0) is 21.2 Å². The number of amides is 1. The van der Waals surface area contributed by atoms with Crippen molar-refractivity contribution in [3.05, 3.63) is 29.3 Å². The Morgan fingerprint density at radius 3 is 2.75 bits per heavy atom. The first-order chi connectivity index (χ1) is 11.3. The summed E-state index contributed by atoms with van der Waals surface area (Å²) in [6.45, 7) is 0.691. The number of hydrogen-bond acceptors (Lipinski definition) is 6. The molecule has 0 unspecified atom stereocenters. The quantitative estimate of drug-likeness (QED) is 0.798. The smallest absolute Gasteiger partial charge is 0.236 e. The molecule has 2 aromatic rings. The van der Waals surface area contributed by atoms with Gasteiger partial charge in [-0.1, -0.05) is 12.1 Å². The number of sulfone groups is 1. The van der Waals surface area contributed by atoms with Crippen molar-refractivity contribution in [2.24, 2.45) is 0 Å². The molecule has 0 aliphatic carbocycles. The number of rotatable bonds is 5. The fourth-order valence-corrected chi connectivity index (χ4v) is 5.69. The van der Waals surface area contributed by atoms with Gasteiger partial charge in [0.25, 0.3) is 0 Å². The molecule has 1 aliphatic rings. The molecule has 1 amide bonds. The van der Waals surface area contributed by atoms with Crippen LogP contribution >= 0.6 is 11.3 Å². The summed E-state index contributed by atoms with van der Waals surface area (Å²) in [6, 6.07) is 7.85. The summed E-state index contributed by atoms with van der Waals surface area (Å²) in [5.41, 5.74) is 0.951. The molecule has 6 nitrogen and oxygen atoms in total. The van der Waals surface area contributed by atoms with Crippen molar-refractivity contribution < 1.29 is 13.2 Å². The van der Waals surface area contributed by atoms with E-state index in [0.29, 0.717) is 13.0 Å². The molecule has 0 saturated carbocycles. The van der Waals surface area contributed by atoms with Gasteiger partial charge in [-0.3, -0.25) is 9.69 Å². The Morgan fingerprint density at radius 1 is 1.33 bits per heavy atom. The van der Waals surface area contributed by atoms with Gasteiger partial charge in [-0.2, -0.15) is 0 Å². The molecule has 1 saturated heterocycles. The third kappa shape index (κ3) is 3.93. The lowest BCUT2D eigenvalue weighted by Gasteiger charge is -2.25. The van der Waals surface area contributed by atoms with E-state index in [0.717, 1.165) is 15.2 Å². The maximum absolute atomic E-state index is 12.4. The molecule has 1 atom stereocenters. The van der Waals surface area contributed by atoms with Crippen molar-refractivity contribution in [1.82, 2.24) is 14.8 Å². The Morgan fingerprint density at radius 2 is 2.08 bits per heavy atom. The summed E-state index contributed by atoms with van der Waals surface area (Å²) in [7, 11) is 0.637. The minimum atomic E-state index is -2.93. The van der Waals surface area contributed by atoms with Crippen molar-refractivity contribution in [2.75, 3.05) is 32.1 Å². The zero-order valence-corrected chi connectivity index (χ0v) is 15.4. The minimum Gasteiger partial charge on any atom is -0.338 e. The molecule has 1 aliphatic heterocycles. The van der Waals surface area contributed by atoms with Crippen LogP contribution in [0.4, 0.5) is 0 Å². The summed E-state index contributed by atoms with van der Waals surface area (Å²) >= 11 is 1.59. The monoisotopic (exact) mass is 367 g/mol. The molecule has 0 radical (unpaired) electrons. The zero-order valence-electron chi connectivity index (χ0n) is 13.8. The Hall–Kier alpha value is -1.51. The number of likely N-dealkylation sites (N-methyl/N-ethyl adjacent to an activating group) is 2. The van der Waals surface area contributed by atoms with Crippen LogP contribution in [0.25, 0.3) is 10.2 Å². The molecule has 1 fully saturated rings. The Bertz CT molecular complexity index is 814. The van der Waals surface area contributed by atoms with Gasteiger partial charge >= 0.3 is 0 Å². The normalized spacial score (nSPS) is 19.9. The van der Waals surface area contributed by atoms with Gasteiger partial charge in [-0.25, -0.2) is 13.4 Å². The minimum absolute atomic E-state index is 0.0268. The zero-order chi connectivity index (χ0) is 17.3. The van der Waals surface area contributed by atoms with E-state index in [1.165, 1.54) is 0 Å². The molecule has 24 heavy (non-hydrogen) atoms. The lowest BCUT2D eigenvalue weighted by molar-refractivity contribution is -0.131. The maximum atomic E-state index is 12.4. The van der Waals surface area contributed by atoms with Crippen LogP contribution in [-0.4, -0.2) is 67.3 Å². The molecule has 1 aromatic carbocycles. The fraction of sp³-hybridized carbons (Fsp3) is 0.500. The number of nitrogens with zero attached hydrogens (tertiary/aromatic N) is 3. The number of aromatic nitrogens is 1. The predicted octanol–water partition coefficient (Wildman–Crippen LogP) is 1.37. The number of fused-ring (bicyclic) bond motifs is 1. The summed E-state index contributed by atoms with van der Waals surface area (Å²) in [5.74, 6) is 0.344. The highest BCUT2D eigenvalue weighted by Gasteiger charge is 2.31. The first kappa shape index (κ1) is 17.3. The lowest BCUT2D eigenvalue weighted by Crippen LogP contribution is -2.41. The Labute approximate surface area is 146 Å². The molecule has 130 valence electrons. The second kappa shape index (κ2) is 6.78. The maximum Gasteiger partial charge on any atom is 0.236 e. The van der Waals surface area contributed by atoms with E-state index in [9.17, 15) is 13.2 Å². The third-order valence-electron chi connectivity index (χ3n) is 4.35. The number of hydrogen-bond donors (Lipinski definition) is 0. The first-order valence-corrected chi connectivity index (χ1v) is 10.5. The molecular weight excluding hydrogens is 346 g/mol. The molecule has 2 heterocycles. The van der Waals surface area contributed by atoms with Gasteiger partial charge in [0.15, 0.2) is 9.84 Å². The van der Waals surface area contributed by atoms with Gasteiger partial charge in [0.05, 0.1) is 34.8 Å². The highest BCUT2D eigenvalue weighted by molar-refractivity contribution is 7.91. The molecule has 0 bridgehead atoms. The highest BCUT2D eigenvalue weighted by atomic mass is 32.2. The standard InChI is InChI=1S/C16H21N3O3S2/c1-18(12-7-8-24(21,22)11-12)10-16(20)19(2)9-15-17-13-5-3-4-6-14(13)23-15/h3-6,12H,7-11H2,1-2H3/t12-/m1/s1. The predicted molar refractivity (Wildman–Crippen MR) is 95.8 cm³/mol. The van der Waals surface area contributed by atoms with Gasteiger partial charge in [-0.05, 0) is 25.6 Å². The molecule has 1 aromatic heterocycles. The van der Waals surface area contributed by atoms with Crippen molar-refractivity contribution in [3.8, 4) is 0 Å². The van der Waals surface area contributed by atoms with E-state index in [1.807, 2.05) is 36.2 Å². The van der Waals surface area contributed by atoms with Gasteiger partial charge in [0, 0.05) is 13.1 Å². The number of carbonyl (C=O) groups is 1. The van der Waals surface area contributed by atoms with E-state index in [1.54, 1.807) is 23.3 Å². The van der Waals surface area contributed by atoms with Crippen molar-refractivity contribution in [1.29, 1.82) is 0 Å². The summed E-state index contributed by atoms with van der Waals surface area (Å²) in [4.78, 5) is 20.4. The van der Waals surface area contributed by atoms with E-state index in [-0.39, 0.29) is 30.0 Å². The average Bonchev–Trinajstić information content (AvgIpc) is 3.09. The van der Waals surface area contributed by atoms with Crippen LogP contribution in [0.3, 0.4) is 0 Å². The van der Waals surface area contributed by atoms with Crippen LogP contribution in [0.5, 0.6) is 0 Å². The number of benzene rings is 1. The van der Waals surface area contributed by atoms with E-state index < -0.39 is 9.84 Å². The van der Waals surface area contributed by atoms with E-state index in [4.69, 9.17) is 0 Å². The van der Waals surface area contributed by atoms with Gasteiger partial charge in [-0.15, -0.1) is 11.3 Å². The fourth-order valence-electron chi connectivity index (χ4n) is 2.86. The number of thiazole rings is 1. The number of para-hydroxylation sites is 1. The van der Waals surface area contributed by atoms with Crippen molar-refractivity contribution in [2.45, 2.75) is 19.0 Å². The van der Waals surface area contributed by atoms with Crippen LogP contribution in [0.15, 0.2) is 24.3 Å². The second-order valence-electron chi connectivity index (χ2n) is 6.30. The topological polar surface area (TPSA) is 70.6 Å². The summed E-state index contributed by atoms with van der Waals surface area (Å²) in [5, 5.41) is 0.901. The lowest BCUT2D eigenvalue weighted by atomic mass is 10.2. The summed E-state index contributed by atoms with van der Waals surface area (Å²) < 4.78 is 24.2. The van der Waals surface area contributed by atoms with Crippen molar-refractivity contribution >= 4 is 37.3 Å². The molecule has 0 N–H and O–H groups in total. The largest absolute Gasteiger partial charge is 0.338 e. The second-order valence-corrected chi connectivity index (χ2v) is 9.64. The summed E-state index contributed by atoms with van der Waals surface area (Å²) in [6.07, 6.45) is 0.605. The van der Waals surface area contributed by atoms with Crippen LogP contribution in [0, 0.1) is 0 Å². The average molecular weight is 367 g/mol. The molecule has 0 spiro atoms. The van der Waals surface area contributed by atoms with E-state index in [2.05, 4.69) is 4.98 Å². The van der Waals surface area contributed by atoms with Crippen LogP contribution < -0.4 is 0 Å². The van der Waals surface area contributed by atoms with Gasteiger partial charge in [0.1, 0.15) is 5.01 Å². The molecule has 3 rings (SSSR count). The van der Waals surface area contributed by atoms with Crippen LogP contribution in [0.1, 0.15) is 11.4 Å². The first-order valence-electron chi connectivity index (χ1n) is 7.83. The van der Waals surface area contributed by atoms with E-state index >= 15 is 0 Å². The Balaban J connectivity index is 1.58. The SMILES string of the molecule is CN(Cc1nc2ccccc2s1)C(=O)CN(C)[C@@H]1CCS(=O)(=O)C1. The third-order valence-corrected chi connectivity index (χ3v) is 7.12. The van der Waals surface area contributed by atoms with Crippen LogP contribution in [0.2, 0.25) is 0 Å². The molecule has 8 heteroatoms. The number of carbonyl (C=O) groups excluding carboxylic acids is 1.